The van der Waals surface area contributed by atoms with Crippen LogP contribution in [-0.4, -0.2) is 25.6 Å². The van der Waals surface area contributed by atoms with E-state index < -0.39 is 0 Å². The molecule has 0 unspecified atom stereocenters. The Morgan fingerprint density at radius 3 is 2.75 bits per heavy atom. The molecule has 124 valence electrons. The molecular weight excluding hydrogens is 322 g/mol. The van der Waals surface area contributed by atoms with Gasteiger partial charge in [-0.05, 0) is 24.5 Å². The molecule has 24 heavy (non-hydrogen) atoms. The molecule has 4 rings (SSSR count). The maximum Gasteiger partial charge on any atom is 0.165 e. The Kier molecular flexibility index (Phi) is 4.34. The van der Waals surface area contributed by atoms with Gasteiger partial charge in [0.15, 0.2) is 11.5 Å². The molecule has 2 aromatic heterocycles. The van der Waals surface area contributed by atoms with Crippen LogP contribution in [0.4, 0.5) is 5.82 Å². The minimum Gasteiger partial charge on any atom is -0.365 e. The van der Waals surface area contributed by atoms with Crippen molar-refractivity contribution in [1.29, 1.82) is 0 Å². The van der Waals surface area contributed by atoms with Crippen LogP contribution in [0.25, 0.3) is 11.2 Å². The van der Waals surface area contributed by atoms with Gasteiger partial charge in [0, 0.05) is 11.1 Å². The Bertz CT molecular complexity index is 838. The summed E-state index contributed by atoms with van der Waals surface area (Å²) >= 11 is 6.27. The highest BCUT2D eigenvalue weighted by atomic mass is 35.5. The number of nitrogens with zero attached hydrogens (tertiary/aromatic N) is 4. The van der Waals surface area contributed by atoms with Crippen molar-refractivity contribution in [2.45, 2.75) is 44.7 Å². The Morgan fingerprint density at radius 1 is 1.08 bits per heavy atom. The first-order valence-electron chi connectivity index (χ1n) is 8.47. The Balaban J connectivity index is 1.62. The van der Waals surface area contributed by atoms with Crippen molar-refractivity contribution in [3.63, 3.8) is 0 Å². The van der Waals surface area contributed by atoms with Crippen LogP contribution in [0.3, 0.4) is 0 Å². The van der Waals surface area contributed by atoms with Crippen LogP contribution in [0.5, 0.6) is 0 Å². The fourth-order valence-electron chi connectivity index (χ4n) is 3.35. The summed E-state index contributed by atoms with van der Waals surface area (Å²) in [4.78, 5) is 13.4. The molecule has 0 spiro atoms. The zero-order valence-electron chi connectivity index (χ0n) is 13.5. The number of hydrogen-bond donors (Lipinski definition) is 1. The first kappa shape index (κ1) is 15.4. The third-order valence-electron chi connectivity index (χ3n) is 4.65. The van der Waals surface area contributed by atoms with Crippen LogP contribution in [-0.2, 0) is 6.54 Å². The predicted molar refractivity (Wildman–Crippen MR) is 96.4 cm³/mol. The number of halogens is 1. The highest BCUT2D eigenvalue weighted by Gasteiger charge is 2.17. The molecule has 6 heteroatoms. The molecule has 0 atom stereocenters. The molecule has 0 bridgehead atoms. The summed E-state index contributed by atoms with van der Waals surface area (Å²) in [5.41, 5.74) is 2.72. The van der Waals surface area contributed by atoms with Gasteiger partial charge in [0.1, 0.15) is 11.8 Å². The van der Waals surface area contributed by atoms with Gasteiger partial charge in [0.05, 0.1) is 12.9 Å². The Morgan fingerprint density at radius 2 is 1.92 bits per heavy atom. The van der Waals surface area contributed by atoms with E-state index in [1.807, 2.05) is 35.2 Å². The molecule has 1 N–H and O–H groups in total. The summed E-state index contributed by atoms with van der Waals surface area (Å²) in [5.74, 6) is 0.838. The van der Waals surface area contributed by atoms with Crippen molar-refractivity contribution in [2.24, 2.45) is 0 Å². The molecule has 1 aromatic carbocycles. The number of hydrogen-bond acceptors (Lipinski definition) is 4. The molecule has 3 aromatic rings. The van der Waals surface area contributed by atoms with Crippen molar-refractivity contribution >= 4 is 28.6 Å². The van der Waals surface area contributed by atoms with Crippen LogP contribution >= 0.6 is 11.6 Å². The summed E-state index contributed by atoms with van der Waals surface area (Å²) in [6.45, 7) is 0.649. The van der Waals surface area contributed by atoms with Gasteiger partial charge in [0.2, 0.25) is 0 Å². The lowest BCUT2D eigenvalue weighted by molar-refractivity contribution is 0.462. The van der Waals surface area contributed by atoms with E-state index in [-0.39, 0.29) is 0 Å². The van der Waals surface area contributed by atoms with E-state index in [2.05, 4.69) is 20.3 Å². The summed E-state index contributed by atoms with van der Waals surface area (Å²) in [7, 11) is 0. The molecule has 0 saturated heterocycles. The molecule has 1 fully saturated rings. The highest BCUT2D eigenvalue weighted by Crippen LogP contribution is 2.25. The molecule has 0 aliphatic heterocycles. The van der Waals surface area contributed by atoms with E-state index in [0.717, 1.165) is 27.6 Å². The number of benzene rings is 1. The number of nitrogens with one attached hydrogen (secondary N) is 1. The largest absolute Gasteiger partial charge is 0.365 e. The zero-order chi connectivity index (χ0) is 16.4. The van der Waals surface area contributed by atoms with E-state index in [9.17, 15) is 0 Å². The van der Waals surface area contributed by atoms with Crippen LogP contribution in [0.1, 0.15) is 37.7 Å². The van der Waals surface area contributed by atoms with Gasteiger partial charge in [-0.1, -0.05) is 49.1 Å². The maximum atomic E-state index is 6.27. The number of fused-ring (bicyclic) bond motifs is 1. The Labute approximate surface area is 146 Å². The van der Waals surface area contributed by atoms with E-state index >= 15 is 0 Å². The molecule has 1 saturated carbocycles. The fraction of sp³-hybridized carbons (Fsp3) is 0.389. The predicted octanol–water partition coefficient (Wildman–Crippen LogP) is 4.27. The monoisotopic (exact) mass is 341 g/mol. The standard InChI is InChI=1S/C18H20ClN5/c19-15-9-5-4-6-13(15)10-24-12-22-16-17(20-11-21-18(16)24)23-14-7-2-1-3-8-14/h4-6,9,11-12,14H,1-3,7-8,10H2,(H,20,21,23). The smallest absolute Gasteiger partial charge is 0.165 e. The second kappa shape index (κ2) is 6.77. The van der Waals surface area contributed by atoms with Gasteiger partial charge < -0.3 is 9.88 Å². The topological polar surface area (TPSA) is 55.6 Å². The van der Waals surface area contributed by atoms with Crippen LogP contribution in [0, 0.1) is 0 Å². The summed E-state index contributed by atoms with van der Waals surface area (Å²) in [5, 5.41) is 4.32. The van der Waals surface area contributed by atoms with Crippen molar-refractivity contribution in [3.8, 4) is 0 Å². The average Bonchev–Trinajstić information content (AvgIpc) is 3.02. The van der Waals surface area contributed by atoms with Gasteiger partial charge in [0.25, 0.3) is 0 Å². The Hall–Kier alpha value is -2.14. The second-order valence-electron chi connectivity index (χ2n) is 6.34. The lowest BCUT2D eigenvalue weighted by atomic mass is 9.95. The van der Waals surface area contributed by atoms with E-state index in [1.54, 1.807) is 6.33 Å². The number of imidazole rings is 1. The zero-order valence-corrected chi connectivity index (χ0v) is 14.2. The van der Waals surface area contributed by atoms with Crippen LogP contribution in [0.15, 0.2) is 36.9 Å². The first-order valence-corrected chi connectivity index (χ1v) is 8.85. The minimum absolute atomic E-state index is 0.491. The molecule has 1 aliphatic carbocycles. The first-order chi connectivity index (χ1) is 11.8. The summed E-state index contributed by atoms with van der Waals surface area (Å²) < 4.78 is 2.02. The minimum atomic E-state index is 0.491. The van der Waals surface area contributed by atoms with E-state index in [1.165, 1.54) is 32.1 Å². The third kappa shape index (κ3) is 3.08. The van der Waals surface area contributed by atoms with Gasteiger partial charge >= 0.3 is 0 Å². The van der Waals surface area contributed by atoms with Crippen molar-refractivity contribution in [3.05, 3.63) is 47.5 Å². The van der Waals surface area contributed by atoms with Crippen LogP contribution in [0.2, 0.25) is 5.02 Å². The van der Waals surface area contributed by atoms with Crippen molar-refractivity contribution in [2.75, 3.05) is 5.32 Å². The number of anilines is 1. The normalized spacial score (nSPS) is 15.7. The lowest BCUT2D eigenvalue weighted by Gasteiger charge is -2.23. The van der Waals surface area contributed by atoms with Crippen molar-refractivity contribution < 1.29 is 0 Å². The van der Waals surface area contributed by atoms with Crippen molar-refractivity contribution in [1.82, 2.24) is 19.5 Å². The summed E-state index contributed by atoms with van der Waals surface area (Å²) in [6.07, 6.45) is 9.73. The SMILES string of the molecule is Clc1ccccc1Cn1cnc2c(NC3CCCCC3)ncnc21. The number of rotatable bonds is 4. The summed E-state index contributed by atoms with van der Waals surface area (Å²) in [6, 6.07) is 8.35. The molecule has 1 aliphatic rings. The fourth-order valence-corrected chi connectivity index (χ4v) is 3.55. The average molecular weight is 342 g/mol. The van der Waals surface area contributed by atoms with Gasteiger partial charge in [-0.25, -0.2) is 15.0 Å². The molecular formula is C18H20ClN5. The molecule has 5 nitrogen and oxygen atoms in total. The molecule has 2 heterocycles. The van der Waals surface area contributed by atoms with Gasteiger partial charge in [-0.2, -0.15) is 0 Å². The maximum absolute atomic E-state index is 6.27. The second-order valence-corrected chi connectivity index (χ2v) is 6.74. The van der Waals surface area contributed by atoms with Crippen LogP contribution < -0.4 is 5.32 Å². The molecule has 0 radical (unpaired) electrons. The van der Waals surface area contributed by atoms with Gasteiger partial charge in [-0.15, -0.1) is 0 Å². The highest BCUT2D eigenvalue weighted by molar-refractivity contribution is 6.31. The van der Waals surface area contributed by atoms with Gasteiger partial charge in [-0.3, -0.25) is 0 Å². The molecule has 0 amide bonds. The van der Waals surface area contributed by atoms with E-state index in [0.29, 0.717) is 12.6 Å². The quantitative estimate of drug-likeness (QED) is 0.769. The van der Waals surface area contributed by atoms with E-state index in [4.69, 9.17) is 11.6 Å². The lowest BCUT2D eigenvalue weighted by Crippen LogP contribution is -2.23. The third-order valence-corrected chi connectivity index (χ3v) is 5.01. The number of aromatic nitrogens is 4.